The van der Waals surface area contributed by atoms with Crippen LogP contribution in [0, 0.1) is 0 Å². The highest BCUT2D eigenvalue weighted by atomic mass is 28.4. The molecule has 2 saturated heterocycles. The van der Waals surface area contributed by atoms with Crippen LogP contribution in [-0.4, -0.2) is 119 Å². The molecule has 2 aromatic rings. The van der Waals surface area contributed by atoms with Crippen molar-refractivity contribution in [1.82, 2.24) is 0 Å². The third-order valence-electron chi connectivity index (χ3n) is 14.9. The van der Waals surface area contributed by atoms with Crippen molar-refractivity contribution in [3.8, 4) is 0 Å². The second kappa shape index (κ2) is 20.5. The SMILES string of the molecule is CC(C)(C)[Si](C)(C)OC[C@@H](O[Si](C)(C)C(C)(C)C)[C@@H]1O[C@@H](O[C@@H]2[C@@H](OC(=O)c3ccccc3)[C@H](O)O[C@H]2COC(=O)c2ccccc2)[C@H](O[Si](C)(C)C(C)(C)C)[C@H]1O[Si](C)(C)C(C)(C)C. The Bertz CT molecular complexity index is 1870. The highest BCUT2D eigenvalue weighted by Crippen LogP contribution is 2.47. The lowest BCUT2D eigenvalue weighted by atomic mass is 10.1. The van der Waals surface area contributed by atoms with Gasteiger partial charge in [-0.2, -0.15) is 0 Å². The number of esters is 2. The Hall–Kier alpha value is -2.07. The smallest absolute Gasteiger partial charge is 0.338 e. The van der Waals surface area contributed by atoms with E-state index in [-0.39, 0.29) is 38.9 Å². The first-order valence-corrected chi connectivity index (χ1v) is 34.9. The molecule has 0 unspecified atom stereocenters. The summed E-state index contributed by atoms with van der Waals surface area (Å²) in [4.78, 5) is 27.0. The molecular weight excluding hydrogens is 893 g/mol. The van der Waals surface area contributed by atoms with Crippen LogP contribution in [0.4, 0.5) is 0 Å². The topological polar surface area (TPSA) is 137 Å². The van der Waals surface area contributed by atoms with Gasteiger partial charge in [0, 0.05) is 0 Å². The molecule has 1 N–H and O–H groups in total. The van der Waals surface area contributed by atoms with Crippen LogP contribution >= 0.6 is 0 Å². The Morgan fingerprint density at radius 3 is 1.49 bits per heavy atom. The number of hydrogen-bond acceptors (Lipinski definition) is 12. The number of rotatable bonds is 17. The molecule has 0 spiro atoms. The van der Waals surface area contributed by atoms with E-state index in [1.807, 2.05) is 6.07 Å². The summed E-state index contributed by atoms with van der Waals surface area (Å²) in [6, 6.07) is 17.1. The van der Waals surface area contributed by atoms with Crippen molar-refractivity contribution in [3.63, 3.8) is 0 Å². The third kappa shape index (κ3) is 13.6. The molecule has 0 aromatic heterocycles. The van der Waals surface area contributed by atoms with E-state index in [1.54, 1.807) is 54.6 Å². The molecule has 0 amide bonds. The second-order valence-corrected chi connectivity index (χ2v) is 43.1. The molecule has 0 saturated carbocycles. The van der Waals surface area contributed by atoms with E-state index < -0.39 is 101 Å². The summed E-state index contributed by atoms with van der Waals surface area (Å²) >= 11 is 0. The maximum Gasteiger partial charge on any atom is 0.338 e. The zero-order valence-electron chi connectivity index (χ0n) is 43.3. The number of ether oxygens (including phenoxy) is 5. The zero-order chi connectivity index (χ0) is 49.4. The van der Waals surface area contributed by atoms with Crippen molar-refractivity contribution in [1.29, 1.82) is 0 Å². The van der Waals surface area contributed by atoms with E-state index in [1.165, 1.54) is 0 Å². The average Bonchev–Trinajstić information content (AvgIpc) is 3.64. The predicted molar refractivity (Wildman–Crippen MR) is 266 cm³/mol. The summed E-state index contributed by atoms with van der Waals surface area (Å²) in [5.74, 6) is -1.27. The predicted octanol–water partition coefficient (Wildman–Crippen LogP) is 11.1. The minimum atomic E-state index is -2.65. The number of benzene rings is 2. The Kier molecular flexibility index (Phi) is 17.5. The number of carbonyl (C=O) groups excluding carboxylic acids is 2. The van der Waals surface area contributed by atoms with E-state index in [0.717, 1.165) is 0 Å². The van der Waals surface area contributed by atoms with Gasteiger partial charge >= 0.3 is 11.9 Å². The van der Waals surface area contributed by atoms with Crippen LogP contribution in [0.1, 0.15) is 104 Å². The van der Waals surface area contributed by atoms with Crippen molar-refractivity contribution >= 4 is 45.2 Å². The second-order valence-electron chi connectivity index (χ2n) is 24.0. The summed E-state index contributed by atoms with van der Waals surface area (Å²) in [5.41, 5.74) is 0.627. The van der Waals surface area contributed by atoms with Gasteiger partial charge in [0.25, 0.3) is 0 Å². The molecule has 0 bridgehead atoms. The summed E-state index contributed by atoms with van der Waals surface area (Å²) in [6.07, 6.45) is -9.24. The largest absolute Gasteiger partial charge is 0.459 e. The van der Waals surface area contributed by atoms with E-state index >= 15 is 0 Å². The number of aliphatic hydroxyl groups excluding tert-OH is 1. The summed E-state index contributed by atoms with van der Waals surface area (Å²) in [6.45, 7) is 44.1. The molecule has 65 heavy (non-hydrogen) atoms. The van der Waals surface area contributed by atoms with Gasteiger partial charge in [-0.05, 0) is 96.8 Å². The molecule has 2 aromatic carbocycles. The third-order valence-corrected chi connectivity index (χ3v) is 32.9. The minimum absolute atomic E-state index is 0.0732. The Balaban J connectivity index is 1.91. The Labute approximate surface area is 395 Å². The summed E-state index contributed by atoms with van der Waals surface area (Å²) in [7, 11) is -10.1. The molecule has 2 heterocycles. The standard InChI is InChI=1S/C49H84O12Si4/c1-46(2,3)62(13,14)54-32-36(59-63(15,16)47(4,5)6)38-39(60-64(17,18)48(7,8)9)41(61-65(19,20)49(10,11)12)45(58-38)57-37-35(31-53-42(50)33-27-23-21-24-28-33)55-44(52)40(37)56-43(51)34-29-25-22-26-30-34/h21-30,35-41,44-45,52H,31-32H2,1-20H3/t35-,36+,37-,38-,39-,40+,41+,44+,45+/m0/s1. The van der Waals surface area contributed by atoms with Crippen LogP contribution in [0.3, 0.4) is 0 Å². The average molecular weight is 978 g/mol. The first-order chi connectivity index (χ1) is 29.5. The lowest BCUT2D eigenvalue weighted by Gasteiger charge is -2.46. The van der Waals surface area contributed by atoms with Gasteiger partial charge in [-0.15, -0.1) is 0 Å². The summed E-state index contributed by atoms with van der Waals surface area (Å²) < 4.78 is 61.7. The van der Waals surface area contributed by atoms with Crippen LogP contribution in [0.5, 0.6) is 0 Å². The maximum absolute atomic E-state index is 13.7. The highest BCUT2D eigenvalue weighted by Gasteiger charge is 2.60. The van der Waals surface area contributed by atoms with Gasteiger partial charge in [0.1, 0.15) is 37.1 Å². The molecule has 0 aliphatic carbocycles. The molecule has 368 valence electrons. The molecule has 2 aliphatic heterocycles. The lowest BCUT2D eigenvalue weighted by molar-refractivity contribution is -0.218. The molecular formula is C49H84O12Si4. The zero-order valence-corrected chi connectivity index (χ0v) is 47.3. The van der Waals surface area contributed by atoms with Crippen LogP contribution in [-0.2, 0) is 41.4 Å². The Morgan fingerprint density at radius 1 is 0.585 bits per heavy atom. The van der Waals surface area contributed by atoms with Gasteiger partial charge in [-0.1, -0.05) is 119 Å². The van der Waals surface area contributed by atoms with Gasteiger partial charge in [0.15, 0.2) is 52.0 Å². The monoisotopic (exact) mass is 977 g/mol. The Morgan fingerprint density at radius 2 is 1.03 bits per heavy atom. The van der Waals surface area contributed by atoms with Gasteiger partial charge in [-0.3, -0.25) is 0 Å². The fourth-order valence-electron chi connectivity index (χ4n) is 6.48. The highest BCUT2D eigenvalue weighted by molar-refractivity contribution is 6.75. The maximum atomic E-state index is 13.7. The quantitative estimate of drug-likeness (QED) is 0.119. The fraction of sp³-hybridized carbons (Fsp3) is 0.714. The van der Waals surface area contributed by atoms with Crippen molar-refractivity contribution in [2.45, 2.75) is 211 Å². The fourth-order valence-corrected chi connectivity index (χ4v) is 11.4. The van der Waals surface area contributed by atoms with E-state index in [2.05, 4.69) is 135 Å². The first-order valence-electron chi connectivity index (χ1n) is 23.3. The van der Waals surface area contributed by atoms with Crippen molar-refractivity contribution < 1.29 is 56.1 Å². The van der Waals surface area contributed by atoms with Crippen LogP contribution in [0.2, 0.25) is 72.5 Å². The van der Waals surface area contributed by atoms with Crippen molar-refractivity contribution in [2.75, 3.05) is 13.2 Å². The molecule has 0 radical (unpaired) electrons. The van der Waals surface area contributed by atoms with Crippen LogP contribution in [0.15, 0.2) is 60.7 Å². The van der Waals surface area contributed by atoms with Crippen molar-refractivity contribution in [3.05, 3.63) is 71.8 Å². The van der Waals surface area contributed by atoms with Gasteiger partial charge in [-0.25, -0.2) is 9.59 Å². The van der Waals surface area contributed by atoms with Crippen LogP contribution < -0.4 is 0 Å². The van der Waals surface area contributed by atoms with Gasteiger partial charge in [0.2, 0.25) is 0 Å². The molecule has 2 aliphatic rings. The van der Waals surface area contributed by atoms with Crippen molar-refractivity contribution in [2.24, 2.45) is 0 Å². The molecule has 4 rings (SSSR count). The van der Waals surface area contributed by atoms with Gasteiger partial charge < -0.3 is 46.5 Å². The number of carbonyl (C=O) groups is 2. The first kappa shape index (κ1) is 55.5. The van der Waals surface area contributed by atoms with E-state index in [0.29, 0.717) is 5.56 Å². The number of hydrogen-bond donors (Lipinski definition) is 1. The van der Waals surface area contributed by atoms with Gasteiger partial charge in [0.05, 0.1) is 23.8 Å². The molecule has 16 heteroatoms. The normalized spacial score (nSPS) is 25.7. The number of aliphatic hydroxyl groups is 1. The molecule has 9 atom stereocenters. The molecule has 12 nitrogen and oxygen atoms in total. The summed E-state index contributed by atoms with van der Waals surface area (Å²) in [5, 5.41) is 10.9. The minimum Gasteiger partial charge on any atom is -0.459 e. The molecule has 2 fully saturated rings. The van der Waals surface area contributed by atoms with Crippen LogP contribution in [0.25, 0.3) is 0 Å². The van der Waals surface area contributed by atoms with E-state index in [4.69, 9.17) is 41.4 Å². The lowest BCUT2D eigenvalue weighted by Crippen LogP contribution is -2.58. The van der Waals surface area contributed by atoms with E-state index in [9.17, 15) is 14.7 Å².